The maximum Gasteiger partial charge on any atom is 0.243 e. The van der Waals surface area contributed by atoms with Gasteiger partial charge in [-0.25, -0.2) is 13.4 Å². The summed E-state index contributed by atoms with van der Waals surface area (Å²) in [5, 5.41) is 2.82. The van der Waals surface area contributed by atoms with Crippen molar-refractivity contribution < 1.29 is 27.1 Å². The van der Waals surface area contributed by atoms with Crippen LogP contribution in [-0.4, -0.2) is 49.4 Å². The van der Waals surface area contributed by atoms with Crippen LogP contribution in [0.25, 0.3) is 11.1 Å². The lowest BCUT2D eigenvalue weighted by Crippen LogP contribution is -2.43. The van der Waals surface area contributed by atoms with Crippen molar-refractivity contribution in [1.82, 2.24) is 9.29 Å². The molecule has 31 heavy (non-hydrogen) atoms. The Balaban J connectivity index is 1.38. The summed E-state index contributed by atoms with van der Waals surface area (Å²) in [6, 6.07) is 8.87. The third kappa shape index (κ3) is 3.61. The van der Waals surface area contributed by atoms with Crippen molar-refractivity contribution in [1.29, 1.82) is 0 Å². The minimum atomic E-state index is -3.88. The Labute approximate surface area is 179 Å². The predicted molar refractivity (Wildman–Crippen MR) is 112 cm³/mol. The third-order valence-corrected chi connectivity index (χ3v) is 7.29. The Hall–Kier alpha value is -3.11. The first-order valence-corrected chi connectivity index (χ1v) is 11.5. The van der Waals surface area contributed by atoms with E-state index in [9.17, 15) is 13.2 Å². The molecule has 1 fully saturated rings. The number of benzene rings is 2. The van der Waals surface area contributed by atoms with E-state index in [1.165, 1.54) is 16.4 Å². The van der Waals surface area contributed by atoms with Gasteiger partial charge in [0, 0.05) is 25.2 Å². The monoisotopic (exact) mass is 443 g/mol. The lowest BCUT2D eigenvalue weighted by atomic mass is 10.2. The van der Waals surface area contributed by atoms with E-state index >= 15 is 0 Å². The average Bonchev–Trinajstić information content (AvgIpc) is 3.39. The van der Waals surface area contributed by atoms with Gasteiger partial charge in [0.25, 0.3) is 0 Å². The van der Waals surface area contributed by atoms with E-state index in [1.54, 1.807) is 31.2 Å². The van der Waals surface area contributed by atoms with Crippen LogP contribution in [0.4, 0.5) is 5.69 Å². The number of hydrogen-bond donors (Lipinski definition) is 1. The van der Waals surface area contributed by atoms with Crippen LogP contribution >= 0.6 is 0 Å². The summed E-state index contributed by atoms with van der Waals surface area (Å²) >= 11 is 0. The van der Waals surface area contributed by atoms with Crippen molar-refractivity contribution in [2.24, 2.45) is 0 Å². The number of anilines is 1. The van der Waals surface area contributed by atoms with Gasteiger partial charge in [-0.15, -0.1) is 0 Å². The molecule has 2 aliphatic heterocycles. The molecule has 0 saturated carbocycles. The first-order valence-electron chi connectivity index (χ1n) is 10.0. The van der Waals surface area contributed by atoms with Crippen molar-refractivity contribution in [2.75, 3.05) is 25.1 Å². The molecule has 1 saturated heterocycles. The zero-order valence-corrected chi connectivity index (χ0v) is 17.6. The fourth-order valence-corrected chi connectivity index (χ4v) is 5.63. The number of nitrogens with one attached hydrogen (secondary N) is 1. The number of fused-ring (bicyclic) bond motifs is 2. The van der Waals surface area contributed by atoms with E-state index < -0.39 is 16.1 Å². The van der Waals surface area contributed by atoms with Crippen LogP contribution in [0, 0.1) is 6.92 Å². The highest BCUT2D eigenvalue weighted by Gasteiger charge is 2.40. The van der Waals surface area contributed by atoms with Crippen molar-refractivity contribution >= 4 is 32.7 Å². The standard InChI is InChI=1S/C21H21N3O6S/c1-13-22-16-11-14(4-6-18(16)30-13)23-21(25)17-3-2-8-24(17)31(26,27)15-5-7-19-20(12-15)29-10-9-28-19/h4-7,11-12,17H,2-3,8-10H2,1H3,(H,23,25). The molecule has 1 aromatic heterocycles. The van der Waals surface area contributed by atoms with Gasteiger partial charge >= 0.3 is 0 Å². The first-order chi connectivity index (χ1) is 14.9. The normalized spacial score (nSPS) is 18.9. The van der Waals surface area contributed by atoms with Crippen LogP contribution in [0.1, 0.15) is 18.7 Å². The van der Waals surface area contributed by atoms with Crippen molar-refractivity contribution in [2.45, 2.75) is 30.7 Å². The number of aryl methyl sites for hydroxylation is 1. The molecule has 0 aliphatic carbocycles. The van der Waals surface area contributed by atoms with Crippen LogP contribution < -0.4 is 14.8 Å². The summed E-state index contributed by atoms with van der Waals surface area (Å²) in [4.78, 5) is 17.3. The summed E-state index contributed by atoms with van der Waals surface area (Å²) in [6.45, 7) is 2.81. The number of amides is 1. The Bertz CT molecular complexity index is 1270. The Morgan fingerprint density at radius 1 is 1.13 bits per heavy atom. The number of hydrogen-bond acceptors (Lipinski definition) is 7. The number of ether oxygens (including phenoxy) is 2. The zero-order chi connectivity index (χ0) is 21.6. The molecule has 162 valence electrons. The van der Waals surface area contributed by atoms with Crippen LogP contribution in [0.2, 0.25) is 0 Å². The Morgan fingerprint density at radius 3 is 2.77 bits per heavy atom. The van der Waals surface area contributed by atoms with Crippen molar-refractivity contribution in [3.8, 4) is 11.5 Å². The van der Waals surface area contributed by atoms with Crippen LogP contribution in [-0.2, 0) is 14.8 Å². The lowest BCUT2D eigenvalue weighted by molar-refractivity contribution is -0.119. The van der Waals surface area contributed by atoms with Gasteiger partial charge in [-0.05, 0) is 43.2 Å². The van der Waals surface area contributed by atoms with E-state index in [1.807, 2.05) is 0 Å². The number of carbonyl (C=O) groups is 1. The molecule has 0 radical (unpaired) electrons. The van der Waals surface area contributed by atoms with Gasteiger partial charge in [-0.3, -0.25) is 4.79 Å². The smallest absolute Gasteiger partial charge is 0.243 e. The second-order valence-electron chi connectivity index (χ2n) is 7.48. The highest BCUT2D eigenvalue weighted by molar-refractivity contribution is 7.89. The predicted octanol–water partition coefficient (Wildman–Crippen LogP) is 2.70. The maximum atomic E-state index is 13.3. The van der Waals surface area contributed by atoms with Crippen molar-refractivity contribution in [3.05, 3.63) is 42.3 Å². The molecule has 10 heteroatoms. The molecule has 3 heterocycles. The van der Waals surface area contributed by atoms with Crippen LogP contribution in [0.5, 0.6) is 11.5 Å². The number of carbonyl (C=O) groups excluding carboxylic acids is 1. The highest BCUT2D eigenvalue weighted by atomic mass is 32.2. The molecular formula is C21H21N3O6S. The summed E-state index contributed by atoms with van der Waals surface area (Å²) in [6.07, 6.45) is 1.05. The molecule has 1 N–H and O–H groups in total. The van der Waals surface area contributed by atoms with E-state index in [0.29, 0.717) is 60.2 Å². The highest BCUT2D eigenvalue weighted by Crippen LogP contribution is 2.35. The van der Waals surface area contributed by atoms with E-state index in [2.05, 4.69) is 10.3 Å². The van der Waals surface area contributed by atoms with Crippen LogP contribution in [0.3, 0.4) is 0 Å². The number of nitrogens with zero attached hydrogens (tertiary/aromatic N) is 2. The zero-order valence-electron chi connectivity index (χ0n) is 16.8. The van der Waals surface area contributed by atoms with Gasteiger partial charge in [0.2, 0.25) is 15.9 Å². The number of oxazole rings is 1. The van der Waals surface area contributed by atoms with Gasteiger partial charge in [-0.2, -0.15) is 4.31 Å². The molecule has 1 atom stereocenters. The quantitative estimate of drug-likeness (QED) is 0.660. The van der Waals surface area contributed by atoms with E-state index in [4.69, 9.17) is 13.9 Å². The first kappa shape index (κ1) is 19.8. The Kier molecular flexibility index (Phi) is 4.82. The minimum absolute atomic E-state index is 0.0796. The minimum Gasteiger partial charge on any atom is -0.486 e. The molecule has 1 unspecified atom stereocenters. The van der Waals surface area contributed by atoms with E-state index in [0.717, 1.165) is 0 Å². The molecule has 3 aromatic rings. The van der Waals surface area contributed by atoms with Gasteiger partial charge in [0.15, 0.2) is 23.0 Å². The number of rotatable bonds is 4. The Morgan fingerprint density at radius 2 is 1.94 bits per heavy atom. The molecule has 0 bridgehead atoms. The van der Waals surface area contributed by atoms with Gasteiger partial charge < -0.3 is 19.2 Å². The van der Waals surface area contributed by atoms with Gasteiger partial charge in [-0.1, -0.05) is 0 Å². The van der Waals surface area contributed by atoms with Gasteiger partial charge in [0.1, 0.15) is 24.8 Å². The summed E-state index contributed by atoms with van der Waals surface area (Å²) in [5.41, 5.74) is 1.79. The number of sulfonamides is 1. The summed E-state index contributed by atoms with van der Waals surface area (Å²) < 4.78 is 44.3. The molecule has 0 spiro atoms. The molecular weight excluding hydrogens is 422 g/mol. The molecule has 2 aromatic carbocycles. The summed E-state index contributed by atoms with van der Waals surface area (Å²) in [7, 11) is -3.88. The molecule has 2 aliphatic rings. The van der Waals surface area contributed by atoms with E-state index in [-0.39, 0.29) is 17.3 Å². The lowest BCUT2D eigenvalue weighted by Gasteiger charge is -2.24. The molecule has 1 amide bonds. The maximum absolute atomic E-state index is 13.3. The van der Waals surface area contributed by atoms with Crippen LogP contribution in [0.15, 0.2) is 45.7 Å². The largest absolute Gasteiger partial charge is 0.486 e. The third-order valence-electron chi connectivity index (χ3n) is 5.39. The van der Waals surface area contributed by atoms with Gasteiger partial charge in [0.05, 0.1) is 4.90 Å². The average molecular weight is 443 g/mol. The molecule has 5 rings (SSSR count). The SMILES string of the molecule is Cc1nc2cc(NC(=O)C3CCCN3S(=O)(=O)c3ccc4c(c3)OCCO4)ccc2o1. The summed E-state index contributed by atoms with van der Waals surface area (Å²) in [5.74, 6) is 1.06. The topological polar surface area (TPSA) is 111 Å². The second kappa shape index (κ2) is 7.54. The molecule has 9 nitrogen and oxygen atoms in total. The fraction of sp³-hybridized carbons (Fsp3) is 0.333. The fourth-order valence-electron chi connectivity index (χ4n) is 3.96. The second-order valence-corrected chi connectivity index (χ2v) is 9.37. The number of aromatic nitrogens is 1. The van der Waals surface area contributed by atoms with Crippen molar-refractivity contribution in [3.63, 3.8) is 0 Å².